The molecule has 10 nitrogen and oxygen atoms in total. The Hall–Kier alpha value is -3.44. The van der Waals surface area contributed by atoms with Crippen molar-refractivity contribution in [1.29, 1.82) is 0 Å². The van der Waals surface area contributed by atoms with Crippen LogP contribution in [0.4, 0.5) is 11.6 Å². The van der Waals surface area contributed by atoms with Crippen molar-refractivity contribution in [1.82, 2.24) is 19.6 Å². The summed E-state index contributed by atoms with van der Waals surface area (Å²) in [5, 5.41) is 22.4. The van der Waals surface area contributed by atoms with Crippen LogP contribution in [0.25, 0.3) is 0 Å². The van der Waals surface area contributed by atoms with Gasteiger partial charge in [-0.3, -0.25) is 9.48 Å². The zero-order valence-corrected chi connectivity index (χ0v) is 18.1. The van der Waals surface area contributed by atoms with Crippen LogP contribution in [0.1, 0.15) is 21.9 Å². The van der Waals surface area contributed by atoms with E-state index in [0.29, 0.717) is 23.1 Å². The summed E-state index contributed by atoms with van der Waals surface area (Å²) < 4.78 is 8.84. The highest BCUT2D eigenvalue weighted by Gasteiger charge is 2.20. The van der Waals surface area contributed by atoms with Gasteiger partial charge in [-0.05, 0) is 50.7 Å². The van der Waals surface area contributed by atoms with Gasteiger partial charge in [0.15, 0.2) is 11.6 Å². The molecule has 0 aliphatic heterocycles. The average Bonchev–Trinajstić information content (AvgIpc) is 3.45. The van der Waals surface area contributed by atoms with Crippen LogP contribution >= 0.6 is 27.5 Å². The second kappa shape index (κ2) is 8.74. The summed E-state index contributed by atoms with van der Waals surface area (Å²) in [5.41, 5.74) is 1.02. The highest BCUT2D eigenvalue weighted by molar-refractivity contribution is 9.10. The minimum atomic E-state index is -0.590. The third-order valence-corrected chi connectivity index (χ3v) is 5.03. The monoisotopic (exact) mass is 504 g/mol. The van der Waals surface area contributed by atoms with Crippen LogP contribution < -0.4 is 5.32 Å². The Kier molecular flexibility index (Phi) is 5.87. The first kappa shape index (κ1) is 20.8. The summed E-state index contributed by atoms with van der Waals surface area (Å²) in [6.45, 7) is 0.666. The molecule has 0 radical (unpaired) electrons. The number of benzene rings is 1. The Balaban J connectivity index is 1.38. The molecule has 1 N–H and O–H groups in total. The van der Waals surface area contributed by atoms with E-state index in [1.54, 1.807) is 35.1 Å². The second-order valence-electron chi connectivity index (χ2n) is 6.50. The van der Waals surface area contributed by atoms with Gasteiger partial charge in [0.25, 0.3) is 5.91 Å². The Morgan fingerprint density at radius 2 is 1.90 bits per heavy atom. The summed E-state index contributed by atoms with van der Waals surface area (Å²) in [6.07, 6.45) is 3.22. The fourth-order valence-corrected chi connectivity index (χ4v) is 3.39. The Bertz CT molecular complexity index is 1250. The van der Waals surface area contributed by atoms with E-state index in [1.165, 1.54) is 16.9 Å². The Morgan fingerprint density at radius 1 is 1.13 bits per heavy atom. The van der Waals surface area contributed by atoms with Crippen molar-refractivity contribution < 1.29 is 14.1 Å². The average molecular weight is 506 g/mol. The molecule has 1 aromatic carbocycles. The minimum Gasteiger partial charge on any atom is -0.454 e. The van der Waals surface area contributed by atoms with Crippen LogP contribution in [0.2, 0.25) is 5.02 Å². The molecule has 0 atom stereocenters. The van der Waals surface area contributed by atoms with E-state index in [0.717, 1.165) is 5.56 Å². The molecule has 0 bridgehead atoms. The summed E-state index contributed by atoms with van der Waals surface area (Å²) in [7, 11) is 0. The lowest BCUT2D eigenvalue weighted by atomic mass is 10.2. The van der Waals surface area contributed by atoms with Crippen molar-refractivity contribution in [3.8, 4) is 0 Å². The highest BCUT2D eigenvalue weighted by atomic mass is 79.9. The van der Waals surface area contributed by atoms with Gasteiger partial charge in [-0.15, -0.1) is 0 Å². The van der Waals surface area contributed by atoms with E-state index < -0.39 is 10.8 Å². The van der Waals surface area contributed by atoms with Gasteiger partial charge in [0.05, 0.1) is 17.8 Å². The molecule has 3 heterocycles. The second-order valence-corrected chi connectivity index (χ2v) is 7.79. The maximum Gasteiger partial charge on any atom is 0.404 e. The van der Waals surface area contributed by atoms with E-state index in [9.17, 15) is 14.9 Å². The predicted molar refractivity (Wildman–Crippen MR) is 115 cm³/mol. The van der Waals surface area contributed by atoms with Gasteiger partial charge in [-0.25, -0.2) is 0 Å². The summed E-state index contributed by atoms with van der Waals surface area (Å²) in [6, 6.07) is 12.2. The molecule has 0 saturated heterocycles. The first-order chi connectivity index (χ1) is 14.9. The number of amides is 1. The van der Waals surface area contributed by atoms with Crippen molar-refractivity contribution in [2.45, 2.75) is 13.1 Å². The van der Waals surface area contributed by atoms with E-state index in [2.05, 4.69) is 31.4 Å². The normalized spacial score (nSPS) is 10.9. The van der Waals surface area contributed by atoms with E-state index in [-0.39, 0.29) is 22.6 Å². The lowest BCUT2D eigenvalue weighted by Crippen LogP contribution is -2.12. The van der Waals surface area contributed by atoms with Crippen molar-refractivity contribution >= 4 is 45.1 Å². The lowest BCUT2D eigenvalue weighted by Gasteiger charge is -2.02. The molecule has 0 fully saturated rings. The van der Waals surface area contributed by atoms with Gasteiger partial charge < -0.3 is 19.8 Å². The van der Waals surface area contributed by atoms with Crippen LogP contribution in [0.15, 0.2) is 63.7 Å². The molecule has 4 rings (SSSR count). The third kappa shape index (κ3) is 5.01. The molecule has 158 valence electrons. The highest BCUT2D eigenvalue weighted by Crippen LogP contribution is 2.23. The van der Waals surface area contributed by atoms with Crippen molar-refractivity contribution in [2.24, 2.45) is 0 Å². The van der Waals surface area contributed by atoms with Crippen LogP contribution in [-0.2, 0) is 13.1 Å². The number of anilines is 1. The van der Waals surface area contributed by atoms with Gasteiger partial charge >= 0.3 is 5.82 Å². The smallest absolute Gasteiger partial charge is 0.404 e. The molecule has 0 aliphatic rings. The topological polar surface area (TPSA) is 121 Å². The zero-order chi connectivity index (χ0) is 22.0. The molecule has 3 aromatic heterocycles. The van der Waals surface area contributed by atoms with Gasteiger partial charge in [0.2, 0.25) is 0 Å². The van der Waals surface area contributed by atoms with Crippen LogP contribution in [-0.4, -0.2) is 30.4 Å². The SMILES string of the molecule is O=C(Nc1ccn(Cc2ccc(Cl)cc2)n1)c1ccc(Cn2cc(Br)c([N+](=O)[O-])n2)o1. The van der Waals surface area contributed by atoms with Crippen LogP contribution in [0.3, 0.4) is 0 Å². The quantitative estimate of drug-likeness (QED) is 0.294. The number of aromatic nitrogens is 4. The first-order valence-corrected chi connectivity index (χ1v) is 10.1. The van der Waals surface area contributed by atoms with Crippen molar-refractivity contribution in [2.75, 3.05) is 5.32 Å². The minimum absolute atomic E-state index is 0.0861. The number of carbonyl (C=O) groups excluding carboxylic acids is 1. The van der Waals surface area contributed by atoms with E-state index >= 15 is 0 Å². The molecular weight excluding hydrogens is 492 g/mol. The number of hydrogen-bond donors (Lipinski definition) is 1. The number of carbonyl (C=O) groups is 1. The molecule has 31 heavy (non-hydrogen) atoms. The molecule has 1 amide bonds. The van der Waals surface area contributed by atoms with Crippen molar-refractivity contribution in [3.05, 3.63) is 91.6 Å². The number of nitrogens with one attached hydrogen (secondary N) is 1. The zero-order valence-electron chi connectivity index (χ0n) is 15.7. The van der Waals surface area contributed by atoms with Crippen LogP contribution in [0.5, 0.6) is 0 Å². The number of rotatable bonds is 7. The summed E-state index contributed by atoms with van der Waals surface area (Å²) >= 11 is 8.98. The van der Waals surface area contributed by atoms with Gasteiger partial charge in [-0.2, -0.15) is 9.78 Å². The molecule has 12 heteroatoms. The molecule has 0 saturated carbocycles. The van der Waals surface area contributed by atoms with Crippen molar-refractivity contribution in [3.63, 3.8) is 0 Å². The van der Waals surface area contributed by atoms with Gasteiger partial charge in [-0.1, -0.05) is 23.7 Å². The molecule has 0 spiro atoms. The standard InChI is InChI=1S/C19H14BrClN6O4/c20-15-11-26(24-18(15)27(29)30)10-14-5-6-16(31-14)19(28)22-17-7-8-25(23-17)9-12-1-3-13(21)4-2-12/h1-8,11H,9-10H2,(H,22,23,28). The number of hydrogen-bond acceptors (Lipinski definition) is 6. The summed E-state index contributed by atoms with van der Waals surface area (Å²) in [5.74, 6) is 0.129. The summed E-state index contributed by atoms with van der Waals surface area (Å²) in [4.78, 5) is 22.7. The molecule has 0 aliphatic carbocycles. The molecule has 4 aromatic rings. The number of furan rings is 1. The van der Waals surface area contributed by atoms with Crippen LogP contribution in [0, 0.1) is 10.1 Å². The van der Waals surface area contributed by atoms with E-state index in [1.807, 2.05) is 12.1 Å². The predicted octanol–water partition coefficient (Wildman–Crippen LogP) is 4.35. The number of nitrogens with zero attached hydrogens (tertiary/aromatic N) is 5. The largest absolute Gasteiger partial charge is 0.454 e. The molecule has 0 unspecified atom stereocenters. The number of halogens is 2. The maximum atomic E-state index is 12.4. The lowest BCUT2D eigenvalue weighted by molar-refractivity contribution is -0.390. The Labute approximate surface area is 188 Å². The first-order valence-electron chi connectivity index (χ1n) is 8.93. The fraction of sp³-hybridized carbons (Fsp3) is 0.105. The Morgan fingerprint density at radius 3 is 2.61 bits per heavy atom. The molecular formula is C19H14BrClN6O4. The van der Waals surface area contributed by atoms with Gasteiger partial charge in [0.1, 0.15) is 16.8 Å². The third-order valence-electron chi connectivity index (χ3n) is 4.22. The maximum absolute atomic E-state index is 12.4. The van der Waals surface area contributed by atoms with E-state index in [4.69, 9.17) is 16.0 Å². The van der Waals surface area contributed by atoms with Gasteiger partial charge in [0, 0.05) is 17.3 Å². The number of nitro groups is 1. The fourth-order valence-electron chi connectivity index (χ4n) is 2.81.